The van der Waals surface area contributed by atoms with Crippen LogP contribution in [0.1, 0.15) is 37.9 Å². The first kappa shape index (κ1) is 12.1. The third-order valence-corrected chi connectivity index (χ3v) is 4.78. The number of rotatable bonds is 4. The minimum atomic E-state index is 0.347. The first-order chi connectivity index (χ1) is 7.77. The summed E-state index contributed by atoms with van der Waals surface area (Å²) in [5.74, 6) is 2.78. The smallest absolute Gasteiger partial charge is 0.114 e. The molecule has 2 rings (SSSR count). The molecule has 16 heavy (non-hydrogen) atoms. The molecule has 90 valence electrons. The Morgan fingerprint density at radius 2 is 2.19 bits per heavy atom. The molecule has 1 heterocycles. The van der Waals surface area contributed by atoms with Crippen LogP contribution in [0.5, 0.6) is 0 Å². The van der Waals surface area contributed by atoms with Crippen molar-refractivity contribution in [3.8, 4) is 0 Å². The van der Waals surface area contributed by atoms with Crippen LogP contribution in [0.2, 0.25) is 0 Å². The predicted molar refractivity (Wildman–Crippen MR) is 68.7 cm³/mol. The van der Waals surface area contributed by atoms with Crippen LogP contribution in [-0.4, -0.2) is 11.8 Å². The molecule has 3 heteroatoms. The zero-order valence-electron chi connectivity index (χ0n) is 9.95. The van der Waals surface area contributed by atoms with Crippen LogP contribution >= 0.6 is 11.8 Å². The minimum absolute atomic E-state index is 0.347. The molecule has 0 aromatic carbocycles. The summed E-state index contributed by atoms with van der Waals surface area (Å²) in [6.07, 6.45) is 8.54. The van der Waals surface area contributed by atoms with Gasteiger partial charge in [-0.3, -0.25) is 0 Å². The van der Waals surface area contributed by atoms with E-state index in [4.69, 9.17) is 10.2 Å². The van der Waals surface area contributed by atoms with Crippen LogP contribution in [0.4, 0.5) is 0 Å². The predicted octanol–water partition coefficient (Wildman–Crippen LogP) is 3.59. The van der Waals surface area contributed by atoms with Crippen molar-refractivity contribution in [1.82, 2.24) is 0 Å². The molecule has 1 unspecified atom stereocenters. The summed E-state index contributed by atoms with van der Waals surface area (Å²) in [7, 11) is 0. The van der Waals surface area contributed by atoms with Gasteiger partial charge >= 0.3 is 0 Å². The second-order valence-electron chi connectivity index (χ2n) is 4.71. The topological polar surface area (TPSA) is 39.2 Å². The Morgan fingerprint density at radius 3 is 2.81 bits per heavy atom. The van der Waals surface area contributed by atoms with E-state index in [2.05, 4.69) is 0 Å². The van der Waals surface area contributed by atoms with Gasteiger partial charge in [-0.15, -0.1) is 11.8 Å². The maximum Gasteiger partial charge on any atom is 0.114 e. The van der Waals surface area contributed by atoms with E-state index in [9.17, 15) is 0 Å². The molecule has 1 saturated carbocycles. The van der Waals surface area contributed by atoms with Crippen LogP contribution in [-0.2, 0) is 0 Å². The number of thioether (sulfide) groups is 1. The Hall–Kier alpha value is -0.410. The van der Waals surface area contributed by atoms with E-state index in [-0.39, 0.29) is 0 Å². The van der Waals surface area contributed by atoms with Gasteiger partial charge in [-0.1, -0.05) is 19.3 Å². The fourth-order valence-electron chi connectivity index (χ4n) is 2.41. The zero-order valence-corrected chi connectivity index (χ0v) is 10.8. The molecule has 2 N–H and O–H groups in total. The Labute approximate surface area is 102 Å². The first-order valence-electron chi connectivity index (χ1n) is 6.20. The lowest BCUT2D eigenvalue weighted by Gasteiger charge is -2.27. The molecule has 0 amide bonds. The van der Waals surface area contributed by atoms with E-state index in [1.807, 2.05) is 24.8 Å². The second-order valence-corrected chi connectivity index (χ2v) is 5.78. The van der Waals surface area contributed by atoms with Gasteiger partial charge in [0.15, 0.2) is 0 Å². The molecule has 1 aromatic rings. The molecule has 0 aliphatic heterocycles. The molecule has 1 aliphatic rings. The van der Waals surface area contributed by atoms with Crippen molar-refractivity contribution in [2.24, 2.45) is 11.7 Å². The molecular formula is C13H21NOS. The van der Waals surface area contributed by atoms with E-state index in [1.165, 1.54) is 37.0 Å². The molecule has 0 bridgehead atoms. The maximum absolute atomic E-state index is 6.26. The summed E-state index contributed by atoms with van der Waals surface area (Å²) in [5, 5.41) is 0. The van der Waals surface area contributed by atoms with Crippen molar-refractivity contribution in [3.05, 3.63) is 18.1 Å². The van der Waals surface area contributed by atoms with Crippen molar-refractivity contribution in [1.29, 1.82) is 0 Å². The lowest BCUT2D eigenvalue weighted by molar-refractivity contribution is 0.319. The Balaban J connectivity index is 1.78. The van der Waals surface area contributed by atoms with Crippen molar-refractivity contribution in [3.63, 3.8) is 0 Å². The first-order valence-corrected chi connectivity index (χ1v) is 7.18. The van der Waals surface area contributed by atoms with Crippen molar-refractivity contribution in [2.75, 3.05) is 5.75 Å². The van der Waals surface area contributed by atoms with Gasteiger partial charge in [0.1, 0.15) is 5.76 Å². The zero-order chi connectivity index (χ0) is 11.4. The van der Waals surface area contributed by atoms with Crippen molar-refractivity contribution in [2.45, 2.75) is 50.0 Å². The average molecular weight is 239 g/mol. The number of hydrogen-bond acceptors (Lipinski definition) is 3. The second kappa shape index (κ2) is 5.78. The number of nitrogens with two attached hydrogens (primary N) is 1. The van der Waals surface area contributed by atoms with Crippen LogP contribution in [0.25, 0.3) is 0 Å². The maximum atomic E-state index is 6.26. The quantitative estimate of drug-likeness (QED) is 0.816. The number of hydrogen-bond donors (Lipinski definition) is 1. The lowest BCUT2D eigenvalue weighted by Crippen LogP contribution is -2.33. The highest BCUT2D eigenvalue weighted by molar-refractivity contribution is 7.99. The summed E-state index contributed by atoms with van der Waals surface area (Å²) in [6.45, 7) is 2.01. The summed E-state index contributed by atoms with van der Waals surface area (Å²) in [4.78, 5) is 1.24. The summed E-state index contributed by atoms with van der Waals surface area (Å²) in [5.41, 5.74) is 6.26. The van der Waals surface area contributed by atoms with Gasteiger partial charge in [-0.2, -0.15) is 0 Å². The summed E-state index contributed by atoms with van der Waals surface area (Å²) in [6, 6.07) is 2.38. The van der Waals surface area contributed by atoms with Crippen LogP contribution in [0.3, 0.4) is 0 Å². The van der Waals surface area contributed by atoms with Crippen molar-refractivity contribution < 1.29 is 4.42 Å². The van der Waals surface area contributed by atoms with Gasteiger partial charge < -0.3 is 10.2 Å². The highest BCUT2D eigenvalue weighted by Crippen LogP contribution is 2.30. The van der Waals surface area contributed by atoms with E-state index in [0.29, 0.717) is 6.04 Å². The van der Waals surface area contributed by atoms with E-state index in [0.717, 1.165) is 17.4 Å². The largest absolute Gasteiger partial charge is 0.468 e. The van der Waals surface area contributed by atoms with E-state index >= 15 is 0 Å². The summed E-state index contributed by atoms with van der Waals surface area (Å²) >= 11 is 1.84. The van der Waals surface area contributed by atoms with Crippen LogP contribution < -0.4 is 5.73 Å². The molecule has 1 aromatic heterocycles. The van der Waals surface area contributed by atoms with Gasteiger partial charge in [-0.05, 0) is 31.7 Å². The van der Waals surface area contributed by atoms with E-state index in [1.54, 1.807) is 6.26 Å². The Bertz CT molecular complexity index is 317. The van der Waals surface area contributed by atoms with Crippen LogP contribution in [0.15, 0.2) is 21.6 Å². The Kier molecular flexibility index (Phi) is 4.36. The van der Waals surface area contributed by atoms with Gasteiger partial charge in [0.2, 0.25) is 0 Å². The molecule has 0 radical (unpaired) electrons. The third-order valence-electron chi connectivity index (χ3n) is 3.50. The van der Waals surface area contributed by atoms with Gasteiger partial charge in [-0.25, -0.2) is 0 Å². The lowest BCUT2D eigenvalue weighted by atomic mass is 9.85. The highest BCUT2D eigenvalue weighted by atomic mass is 32.2. The number of aryl methyl sites for hydroxylation is 1. The average Bonchev–Trinajstić information content (AvgIpc) is 2.73. The fraction of sp³-hybridized carbons (Fsp3) is 0.692. The van der Waals surface area contributed by atoms with E-state index < -0.39 is 0 Å². The molecule has 1 atom stereocenters. The monoisotopic (exact) mass is 239 g/mol. The van der Waals surface area contributed by atoms with Gasteiger partial charge in [0.25, 0.3) is 0 Å². The molecule has 0 spiro atoms. The fourth-order valence-corrected chi connectivity index (χ4v) is 3.45. The van der Waals surface area contributed by atoms with Crippen LogP contribution in [0, 0.1) is 12.8 Å². The number of furan rings is 1. The highest BCUT2D eigenvalue weighted by Gasteiger charge is 2.20. The Morgan fingerprint density at radius 1 is 1.44 bits per heavy atom. The molecule has 1 aliphatic carbocycles. The summed E-state index contributed by atoms with van der Waals surface area (Å²) < 4.78 is 5.28. The van der Waals surface area contributed by atoms with Gasteiger partial charge in [0.05, 0.1) is 6.26 Å². The molecule has 2 nitrogen and oxygen atoms in total. The molecule has 0 saturated heterocycles. The van der Waals surface area contributed by atoms with Gasteiger partial charge in [0, 0.05) is 16.7 Å². The molecule has 1 fully saturated rings. The van der Waals surface area contributed by atoms with Crippen molar-refractivity contribution >= 4 is 11.8 Å². The minimum Gasteiger partial charge on any atom is -0.468 e. The SMILES string of the molecule is Cc1occc1SCC(N)C1CCCCC1. The third kappa shape index (κ3) is 3.05. The molecular weight excluding hydrogens is 218 g/mol. The standard InChI is InChI=1S/C13H21NOS/c1-10-13(7-8-15-10)16-9-12(14)11-5-3-2-4-6-11/h7-8,11-12H,2-6,9,14H2,1H3. The normalized spacial score (nSPS) is 19.9.